The average Bonchev–Trinajstić information content (AvgIpc) is 3.06. The Hall–Kier alpha value is -0.790. The number of rotatable bonds is 6. The van der Waals surface area contributed by atoms with Gasteiger partial charge in [-0.05, 0) is 97.4 Å². The maximum Gasteiger partial charge on any atom is 0.0639 e. The van der Waals surface area contributed by atoms with E-state index < -0.39 is 0 Å². The fourth-order valence-corrected chi connectivity index (χ4v) is 8.87. The van der Waals surface area contributed by atoms with Crippen molar-refractivity contribution in [3.63, 3.8) is 0 Å². The van der Waals surface area contributed by atoms with Crippen molar-refractivity contribution in [1.29, 1.82) is 0 Å². The van der Waals surface area contributed by atoms with Gasteiger partial charge in [0.05, 0.1) is 5.71 Å². The van der Waals surface area contributed by atoms with Gasteiger partial charge in [-0.1, -0.05) is 66.4 Å². The molecule has 4 rings (SSSR count). The van der Waals surface area contributed by atoms with Gasteiger partial charge in [0.15, 0.2) is 0 Å². The third-order valence-electron chi connectivity index (χ3n) is 10.7. The highest BCUT2D eigenvalue weighted by atomic mass is 15.3. The van der Waals surface area contributed by atoms with E-state index in [-0.39, 0.29) is 0 Å². The SMILES string of the molecule is CN/N=C1\C=C2CC(C)CCC2(C)[C@H]2CCC3(C)C([C@H](C)CCCC(C)C)CC[C@H]3C12. The number of nitrogens with one attached hydrogen (secondary N) is 1. The fraction of sp³-hybridized carbons (Fsp3) is 0.897. The lowest BCUT2D eigenvalue weighted by Gasteiger charge is -2.58. The molecule has 0 radical (unpaired) electrons. The molecule has 0 aromatic carbocycles. The van der Waals surface area contributed by atoms with Crippen LogP contribution in [-0.2, 0) is 0 Å². The van der Waals surface area contributed by atoms with Crippen molar-refractivity contribution in [2.24, 2.45) is 57.4 Å². The molecule has 31 heavy (non-hydrogen) atoms. The molecule has 3 saturated carbocycles. The maximum atomic E-state index is 4.94. The van der Waals surface area contributed by atoms with Crippen molar-refractivity contribution >= 4 is 5.71 Å². The topological polar surface area (TPSA) is 24.4 Å². The van der Waals surface area contributed by atoms with Crippen LogP contribution in [0.15, 0.2) is 16.8 Å². The molecule has 0 heterocycles. The van der Waals surface area contributed by atoms with Gasteiger partial charge in [0.1, 0.15) is 0 Å². The molecule has 0 aliphatic heterocycles. The standard InChI is InChI=1S/C29H50N2/c1-19(2)9-8-10-21(4)23-11-12-24-27-25(14-16-29(23,24)6)28(5)15-13-20(3)17-22(28)18-26(27)31-30-7/h18-21,23-25,27,30H,8-17H2,1-7H3/b31-26+/t20?,21-,23?,24+,25+,27?,28?,29?/m1/s1. The molecule has 0 saturated heterocycles. The first-order chi connectivity index (χ1) is 14.7. The van der Waals surface area contributed by atoms with Crippen molar-refractivity contribution in [2.75, 3.05) is 7.05 Å². The molecule has 0 amide bonds. The van der Waals surface area contributed by atoms with Crippen LogP contribution in [0.5, 0.6) is 0 Å². The lowest BCUT2D eigenvalue weighted by atomic mass is 9.46. The number of hydrazone groups is 1. The van der Waals surface area contributed by atoms with Crippen molar-refractivity contribution in [3.8, 4) is 0 Å². The Morgan fingerprint density at radius 3 is 2.52 bits per heavy atom. The molecule has 0 aromatic rings. The Labute approximate surface area is 193 Å². The highest BCUT2D eigenvalue weighted by Crippen LogP contribution is 2.67. The molecular formula is C29H50N2. The molecule has 176 valence electrons. The first-order valence-electron chi connectivity index (χ1n) is 13.7. The Kier molecular flexibility index (Phi) is 6.68. The lowest BCUT2D eigenvalue weighted by molar-refractivity contribution is -0.0239. The van der Waals surface area contributed by atoms with Crippen LogP contribution in [-0.4, -0.2) is 12.8 Å². The molecule has 2 heteroatoms. The highest BCUT2D eigenvalue weighted by molar-refractivity contribution is 5.99. The second-order valence-corrected chi connectivity index (χ2v) is 13.0. The molecule has 1 N–H and O–H groups in total. The molecule has 8 atom stereocenters. The van der Waals surface area contributed by atoms with E-state index in [0.29, 0.717) is 16.7 Å². The number of allylic oxidation sites excluding steroid dienone is 2. The summed E-state index contributed by atoms with van der Waals surface area (Å²) in [5.41, 5.74) is 7.26. The summed E-state index contributed by atoms with van der Waals surface area (Å²) in [4.78, 5) is 0. The van der Waals surface area contributed by atoms with Crippen LogP contribution in [0.3, 0.4) is 0 Å². The first-order valence-corrected chi connectivity index (χ1v) is 13.7. The molecule has 0 bridgehead atoms. The average molecular weight is 427 g/mol. The van der Waals surface area contributed by atoms with E-state index in [9.17, 15) is 0 Å². The van der Waals surface area contributed by atoms with Crippen molar-refractivity contribution in [1.82, 2.24) is 5.43 Å². The summed E-state index contributed by atoms with van der Waals surface area (Å²) in [7, 11) is 1.99. The first kappa shape index (κ1) is 23.4. The van der Waals surface area contributed by atoms with E-state index in [4.69, 9.17) is 5.10 Å². The minimum absolute atomic E-state index is 0.423. The summed E-state index contributed by atoms with van der Waals surface area (Å²) in [6.07, 6.45) is 16.6. The molecule has 2 nitrogen and oxygen atoms in total. The quantitative estimate of drug-likeness (QED) is 0.430. The van der Waals surface area contributed by atoms with E-state index >= 15 is 0 Å². The number of nitrogens with zero attached hydrogens (tertiary/aromatic N) is 1. The van der Waals surface area contributed by atoms with Crippen molar-refractivity contribution < 1.29 is 0 Å². The Morgan fingerprint density at radius 1 is 1.03 bits per heavy atom. The Bertz CT molecular complexity index is 706. The van der Waals surface area contributed by atoms with E-state index in [0.717, 1.165) is 35.5 Å². The van der Waals surface area contributed by atoms with Crippen LogP contribution in [0.4, 0.5) is 0 Å². The molecule has 3 fully saturated rings. The fourth-order valence-electron chi connectivity index (χ4n) is 8.87. The third-order valence-corrected chi connectivity index (χ3v) is 10.7. The van der Waals surface area contributed by atoms with Gasteiger partial charge in [0.2, 0.25) is 0 Å². The summed E-state index contributed by atoms with van der Waals surface area (Å²) in [6, 6.07) is 0. The van der Waals surface area contributed by atoms with Crippen LogP contribution in [0.25, 0.3) is 0 Å². The van der Waals surface area contributed by atoms with Crippen LogP contribution in [0.2, 0.25) is 0 Å². The summed E-state index contributed by atoms with van der Waals surface area (Å²) >= 11 is 0. The van der Waals surface area contributed by atoms with Gasteiger partial charge in [-0.2, -0.15) is 5.10 Å². The summed E-state index contributed by atoms with van der Waals surface area (Å²) in [6.45, 7) is 15.1. The normalized spacial score (nSPS) is 44.5. The second-order valence-electron chi connectivity index (χ2n) is 13.0. The monoisotopic (exact) mass is 426 g/mol. The summed E-state index contributed by atoms with van der Waals surface area (Å²) < 4.78 is 0. The van der Waals surface area contributed by atoms with E-state index in [1.54, 1.807) is 5.57 Å². The highest BCUT2D eigenvalue weighted by Gasteiger charge is 2.60. The predicted octanol–water partition coefficient (Wildman–Crippen LogP) is 7.85. The van der Waals surface area contributed by atoms with E-state index in [2.05, 4.69) is 53.0 Å². The molecule has 0 aromatic heterocycles. The minimum atomic E-state index is 0.423. The second kappa shape index (κ2) is 8.86. The largest absolute Gasteiger partial charge is 0.313 e. The molecular weight excluding hydrogens is 376 g/mol. The smallest absolute Gasteiger partial charge is 0.0639 e. The molecule has 4 aliphatic carbocycles. The molecule has 4 aliphatic rings. The van der Waals surface area contributed by atoms with Crippen molar-refractivity contribution in [3.05, 3.63) is 11.6 Å². The Morgan fingerprint density at radius 2 is 1.81 bits per heavy atom. The van der Waals surface area contributed by atoms with Gasteiger partial charge < -0.3 is 5.43 Å². The predicted molar refractivity (Wildman–Crippen MR) is 134 cm³/mol. The Balaban J connectivity index is 1.60. The number of hydrogen-bond donors (Lipinski definition) is 1. The maximum absolute atomic E-state index is 4.94. The zero-order valence-corrected chi connectivity index (χ0v) is 21.6. The lowest BCUT2D eigenvalue weighted by Crippen LogP contribution is -2.53. The number of fused-ring (bicyclic) bond motifs is 5. The summed E-state index contributed by atoms with van der Waals surface area (Å²) in [5, 5.41) is 4.94. The third kappa shape index (κ3) is 4.04. The van der Waals surface area contributed by atoms with E-state index in [1.807, 2.05) is 7.05 Å². The van der Waals surface area contributed by atoms with Crippen LogP contribution in [0, 0.1) is 52.3 Å². The minimum Gasteiger partial charge on any atom is -0.313 e. The van der Waals surface area contributed by atoms with Crippen LogP contribution >= 0.6 is 0 Å². The zero-order chi connectivity index (χ0) is 22.4. The number of hydrogen-bond acceptors (Lipinski definition) is 2. The van der Waals surface area contributed by atoms with Gasteiger partial charge in [-0.25, -0.2) is 0 Å². The van der Waals surface area contributed by atoms with Gasteiger partial charge in [0, 0.05) is 13.0 Å². The van der Waals surface area contributed by atoms with Crippen LogP contribution < -0.4 is 5.43 Å². The van der Waals surface area contributed by atoms with Gasteiger partial charge in [-0.15, -0.1) is 0 Å². The van der Waals surface area contributed by atoms with Crippen molar-refractivity contribution in [2.45, 2.75) is 106 Å². The summed E-state index contributed by atoms with van der Waals surface area (Å²) in [5.74, 6) is 5.76. The van der Waals surface area contributed by atoms with E-state index in [1.165, 1.54) is 69.9 Å². The molecule has 0 spiro atoms. The molecule has 5 unspecified atom stereocenters. The van der Waals surface area contributed by atoms with Gasteiger partial charge >= 0.3 is 0 Å². The zero-order valence-electron chi connectivity index (χ0n) is 21.6. The van der Waals surface area contributed by atoms with Crippen LogP contribution in [0.1, 0.15) is 106 Å². The van der Waals surface area contributed by atoms with Gasteiger partial charge in [-0.3, -0.25) is 0 Å². The van der Waals surface area contributed by atoms with Gasteiger partial charge in [0.25, 0.3) is 0 Å².